The van der Waals surface area contributed by atoms with Crippen molar-refractivity contribution in [1.29, 1.82) is 0 Å². The first-order chi connectivity index (χ1) is 15.7. The van der Waals surface area contributed by atoms with E-state index in [4.69, 9.17) is 4.74 Å². The number of methoxy groups -OCH3 is 1. The molecule has 3 aromatic rings. The van der Waals surface area contributed by atoms with Crippen molar-refractivity contribution in [1.82, 2.24) is 0 Å². The number of hydrogen-bond donors (Lipinski definition) is 0. The van der Waals surface area contributed by atoms with Crippen LogP contribution in [0.4, 0.5) is 11.4 Å². The summed E-state index contributed by atoms with van der Waals surface area (Å²) in [5, 5.41) is 0. The van der Waals surface area contributed by atoms with Gasteiger partial charge in [-0.1, -0.05) is 35.9 Å². The van der Waals surface area contributed by atoms with Gasteiger partial charge in [0.05, 0.1) is 17.7 Å². The number of sulfonamides is 1. The molecule has 0 bridgehead atoms. The Kier molecular flexibility index (Phi) is 5.95. The molecule has 33 heavy (non-hydrogen) atoms. The zero-order valence-corrected chi connectivity index (χ0v) is 19.4. The molecule has 8 heteroatoms. The van der Waals surface area contributed by atoms with Gasteiger partial charge in [-0.25, -0.2) is 13.2 Å². The Morgan fingerprint density at radius 2 is 1.61 bits per heavy atom. The fourth-order valence-electron chi connectivity index (χ4n) is 3.92. The molecule has 3 aromatic carbocycles. The van der Waals surface area contributed by atoms with Crippen molar-refractivity contribution >= 4 is 33.3 Å². The van der Waals surface area contributed by atoms with Gasteiger partial charge in [-0.2, -0.15) is 0 Å². The van der Waals surface area contributed by atoms with E-state index in [0.717, 1.165) is 11.1 Å². The van der Waals surface area contributed by atoms with E-state index in [2.05, 4.69) is 0 Å². The molecule has 4 rings (SSSR count). The SMILES string of the molecule is COC(=O)C1Cc2ccccc2N1C(=O)c1ccc(N(C)S(=O)(=O)c2ccc(C)cc2)cc1. The van der Waals surface area contributed by atoms with Gasteiger partial charge in [0.1, 0.15) is 6.04 Å². The van der Waals surface area contributed by atoms with Crippen LogP contribution < -0.4 is 9.21 Å². The number of esters is 1. The molecular formula is C25H24N2O5S. The molecule has 7 nitrogen and oxygen atoms in total. The number of hydrogen-bond acceptors (Lipinski definition) is 5. The summed E-state index contributed by atoms with van der Waals surface area (Å²) in [6, 6.07) is 19.5. The first-order valence-electron chi connectivity index (χ1n) is 10.4. The van der Waals surface area contributed by atoms with Crippen LogP contribution in [0.1, 0.15) is 21.5 Å². The molecule has 0 saturated carbocycles. The lowest BCUT2D eigenvalue weighted by atomic mass is 10.1. The molecule has 0 fully saturated rings. The number of ether oxygens (including phenoxy) is 1. The van der Waals surface area contributed by atoms with E-state index in [9.17, 15) is 18.0 Å². The molecule has 0 aromatic heterocycles. The third kappa shape index (κ3) is 4.09. The minimum atomic E-state index is -3.74. The van der Waals surface area contributed by atoms with Crippen LogP contribution in [0.3, 0.4) is 0 Å². The van der Waals surface area contributed by atoms with Crippen LogP contribution in [-0.2, 0) is 26.0 Å². The normalized spacial score (nSPS) is 15.1. The van der Waals surface area contributed by atoms with Crippen LogP contribution in [0.5, 0.6) is 0 Å². The summed E-state index contributed by atoms with van der Waals surface area (Å²) in [6.07, 6.45) is 0.379. The highest BCUT2D eigenvalue weighted by atomic mass is 32.2. The molecule has 0 radical (unpaired) electrons. The summed E-state index contributed by atoms with van der Waals surface area (Å²) in [7, 11) is -0.977. The van der Waals surface area contributed by atoms with E-state index < -0.39 is 22.0 Å². The highest BCUT2D eigenvalue weighted by molar-refractivity contribution is 7.92. The van der Waals surface area contributed by atoms with Crippen molar-refractivity contribution in [2.45, 2.75) is 24.3 Å². The van der Waals surface area contributed by atoms with E-state index >= 15 is 0 Å². The first kappa shape index (κ1) is 22.5. The minimum Gasteiger partial charge on any atom is -0.467 e. The number of para-hydroxylation sites is 1. The summed E-state index contributed by atoms with van der Waals surface area (Å²) in [5.74, 6) is -0.842. The van der Waals surface area contributed by atoms with Crippen molar-refractivity contribution in [2.75, 3.05) is 23.4 Å². The second-order valence-electron chi connectivity index (χ2n) is 7.88. The molecule has 0 aliphatic carbocycles. The standard InChI is InChI=1S/C25H24N2O5S/c1-17-8-14-21(15-9-17)33(30,31)26(2)20-12-10-18(11-13-20)24(28)27-22-7-5-4-6-19(22)16-23(27)25(29)32-3/h4-15,23H,16H2,1-3H3. The smallest absolute Gasteiger partial charge is 0.329 e. The maximum atomic E-state index is 13.4. The van der Waals surface area contributed by atoms with E-state index in [-0.39, 0.29) is 10.8 Å². The largest absolute Gasteiger partial charge is 0.467 e. The average Bonchev–Trinajstić information content (AvgIpc) is 3.22. The lowest BCUT2D eigenvalue weighted by molar-refractivity contribution is -0.141. The molecule has 0 saturated heterocycles. The average molecular weight is 465 g/mol. The maximum absolute atomic E-state index is 13.4. The third-order valence-electron chi connectivity index (χ3n) is 5.83. The molecule has 0 spiro atoms. The van der Waals surface area contributed by atoms with Gasteiger partial charge in [0.15, 0.2) is 0 Å². The molecule has 1 heterocycles. The Morgan fingerprint density at radius 3 is 2.24 bits per heavy atom. The van der Waals surface area contributed by atoms with Crippen LogP contribution in [0, 0.1) is 6.92 Å². The fraction of sp³-hybridized carbons (Fsp3) is 0.200. The third-order valence-corrected chi connectivity index (χ3v) is 7.63. The molecule has 170 valence electrons. The summed E-state index contributed by atoms with van der Waals surface area (Å²) in [5.41, 5.74) is 3.28. The van der Waals surface area contributed by atoms with Gasteiger partial charge in [-0.3, -0.25) is 14.0 Å². The van der Waals surface area contributed by atoms with E-state index in [1.807, 2.05) is 25.1 Å². The predicted molar refractivity (Wildman–Crippen MR) is 126 cm³/mol. The van der Waals surface area contributed by atoms with Gasteiger partial charge in [0.2, 0.25) is 0 Å². The van der Waals surface area contributed by atoms with Gasteiger partial charge in [0, 0.05) is 24.7 Å². The molecule has 1 amide bonds. The number of carbonyl (C=O) groups is 2. The van der Waals surface area contributed by atoms with Crippen LogP contribution in [0.25, 0.3) is 0 Å². The van der Waals surface area contributed by atoms with Crippen LogP contribution >= 0.6 is 0 Å². The highest BCUT2D eigenvalue weighted by Crippen LogP contribution is 2.34. The number of anilines is 2. The lowest BCUT2D eigenvalue weighted by Crippen LogP contribution is -2.43. The number of nitrogens with zero attached hydrogens (tertiary/aromatic N) is 2. The molecule has 1 atom stereocenters. The summed E-state index contributed by atoms with van der Waals surface area (Å²) >= 11 is 0. The van der Waals surface area contributed by atoms with Crippen molar-refractivity contribution in [3.63, 3.8) is 0 Å². The quantitative estimate of drug-likeness (QED) is 0.539. The van der Waals surface area contributed by atoms with Crippen molar-refractivity contribution in [3.8, 4) is 0 Å². The van der Waals surface area contributed by atoms with E-state index in [1.54, 1.807) is 54.6 Å². The second kappa shape index (κ2) is 8.71. The number of carbonyl (C=O) groups excluding carboxylic acids is 2. The number of aryl methyl sites for hydroxylation is 1. The Balaban J connectivity index is 1.62. The molecule has 0 N–H and O–H groups in total. The predicted octanol–water partition coefficient (Wildman–Crippen LogP) is 3.56. The highest BCUT2D eigenvalue weighted by Gasteiger charge is 2.39. The monoisotopic (exact) mass is 464 g/mol. The van der Waals surface area contributed by atoms with Crippen LogP contribution in [-0.4, -0.2) is 40.5 Å². The maximum Gasteiger partial charge on any atom is 0.329 e. The molecule has 1 aliphatic heterocycles. The van der Waals surface area contributed by atoms with Crippen molar-refractivity contribution in [2.24, 2.45) is 0 Å². The topological polar surface area (TPSA) is 84.0 Å². The minimum absolute atomic E-state index is 0.186. The second-order valence-corrected chi connectivity index (χ2v) is 9.85. The summed E-state index contributed by atoms with van der Waals surface area (Å²) in [4.78, 5) is 27.3. The summed E-state index contributed by atoms with van der Waals surface area (Å²) < 4.78 is 32.0. The fourth-order valence-corrected chi connectivity index (χ4v) is 5.12. The van der Waals surface area contributed by atoms with Crippen molar-refractivity contribution in [3.05, 3.63) is 89.5 Å². The molecule has 1 aliphatic rings. The number of benzene rings is 3. The number of amides is 1. The zero-order valence-electron chi connectivity index (χ0n) is 18.6. The first-order valence-corrected chi connectivity index (χ1v) is 11.8. The Labute approximate surface area is 193 Å². The molecular weight excluding hydrogens is 440 g/mol. The molecule has 1 unspecified atom stereocenters. The van der Waals surface area contributed by atoms with Gasteiger partial charge >= 0.3 is 5.97 Å². The Hall–Kier alpha value is -3.65. The zero-order chi connectivity index (χ0) is 23.8. The van der Waals surface area contributed by atoms with E-state index in [0.29, 0.717) is 23.4 Å². The van der Waals surface area contributed by atoms with Gasteiger partial charge < -0.3 is 4.74 Å². The van der Waals surface area contributed by atoms with Gasteiger partial charge in [-0.15, -0.1) is 0 Å². The lowest BCUT2D eigenvalue weighted by Gasteiger charge is -2.24. The number of rotatable bonds is 5. The van der Waals surface area contributed by atoms with Gasteiger partial charge in [0.25, 0.3) is 15.9 Å². The van der Waals surface area contributed by atoms with E-state index in [1.165, 1.54) is 23.4 Å². The van der Waals surface area contributed by atoms with Crippen LogP contribution in [0.15, 0.2) is 77.7 Å². The van der Waals surface area contributed by atoms with Gasteiger partial charge in [-0.05, 0) is 55.0 Å². The van der Waals surface area contributed by atoms with Crippen molar-refractivity contribution < 1.29 is 22.7 Å². The number of fused-ring (bicyclic) bond motifs is 1. The Bertz CT molecular complexity index is 1300. The Morgan fingerprint density at radius 1 is 0.970 bits per heavy atom. The van der Waals surface area contributed by atoms with Crippen LogP contribution in [0.2, 0.25) is 0 Å². The summed E-state index contributed by atoms with van der Waals surface area (Å²) in [6.45, 7) is 1.89.